The monoisotopic (exact) mass is 494 g/mol. The van der Waals surface area contributed by atoms with E-state index in [2.05, 4.69) is 36.9 Å². The Morgan fingerprint density at radius 1 is 1.19 bits per heavy atom. The number of fused-ring (bicyclic) bond motifs is 5. The Labute approximate surface area is 217 Å². The first kappa shape index (κ1) is 25.8. The lowest BCUT2D eigenvalue weighted by atomic mass is 9.54. The predicted molar refractivity (Wildman–Crippen MR) is 143 cm³/mol. The van der Waals surface area contributed by atoms with Crippen molar-refractivity contribution in [3.05, 3.63) is 29.3 Å². The lowest BCUT2D eigenvalue weighted by Gasteiger charge is -2.49. The molecule has 6 unspecified atom stereocenters. The van der Waals surface area contributed by atoms with Gasteiger partial charge in [-0.05, 0) is 113 Å². The lowest BCUT2D eigenvalue weighted by Crippen LogP contribution is -2.47. The first-order valence-electron chi connectivity index (χ1n) is 14.7. The highest BCUT2D eigenvalue weighted by Crippen LogP contribution is 2.61. The molecule has 1 aromatic carbocycles. The van der Waals surface area contributed by atoms with Crippen molar-refractivity contribution >= 4 is 11.7 Å². The van der Waals surface area contributed by atoms with Gasteiger partial charge >= 0.3 is 0 Å². The van der Waals surface area contributed by atoms with Crippen molar-refractivity contribution in [2.75, 3.05) is 32.8 Å². The molecule has 1 aliphatic heterocycles. The Morgan fingerprint density at radius 3 is 2.72 bits per heavy atom. The number of rotatable bonds is 8. The van der Waals surface area contributed by atoms with Gasteiger partial charge in [0.05, 0.1) is 6.61 Å². The number of aryl methyl sites for hydroxylation is 1. The molecule has 0 bridgehead atoms. The first-order chi connectivity index (χ1) is 17.4. The van der Waals surface area contributed by atoms with Gasteiger partial charge in [0.25, 0.3) is 0 Å². The number of hydrogen-bond donors (Lipinski definition) is 0. The molecular weight excluding hydrogens is 448 g/mol. The minimum Gasteiger partial charge on any atom is -0.494 e. The van der Waals surface area contributed by atoms with E-state index in [1.807, 2.05) is 18.7 Å². The summed E-state index contributed by atoms with van der Waals surface area (Å²) < 4.78 is 6.18. The van der Waals surface area contributed by atoms with E-state index in [-0.39, 0.29) is 23.2 Å². The van der Waals surface area contributed by atoms with Crippen LogP contribution < -0.4 is 4.74 Å². The maximum Gasteiger partial charge on any atom is 0.226 e. The highest BCUT2D eigenvalue weighted by molar-refractivity contribution is 5.94. The molecule has 5 heteroatoms. The largest absolute Gasteiger partial charge is 0.494 e. The van der Waals surface area contributed by atoms with Crippen LogP contribution in [0.15, 0.2) is 18.2 Å². The number of Topliss-reactive ketones (excluding diaryl/α,β-unsaturated/α-hetero) is 1. The van der Waals surface area contributed by atoms with Gasteiger partial charge in [-0.1, -0.05) is 13.0 Å². The van der Waals surface area contributed by atoms with E-state index in [1.165, 1.54) is 30.5 Å². The highest BCUT2D eigenvalue weighted by atomic mass is 16.5. The number of benzene rings is 1. The van der Waals surface area contributed by atoms with Crippen LogP contribution in [0.25, 0.3) is 0 Å². The Bertz CT molecular complexity index is 973. The SMILES string of the molecule is CCN(CC)C(=O)C1CC(=O)C2(C)CCC3c4ccc(OCCCN5CCCC5C)cc4CCC3C12. The van der Waals surface area contributed by atoms with E-state index >= 15 is 0 Å². The number of ether oxygens (including phenoxy) is 1. The third-order valence-corrected chi connectivity index (χ3v) is 10.4. The third-order valence-electron chi connectivity index (χ3n) is 10.4. The number of nitrogens with zero attached hydrogens (tertiary/aromatic N) is 2. The number of ketones is 1. The van der Waals surface area contributed by atoms with Gasteiger partial charge in [0.15, 0.2) is 0 Å². The van der Waals surface area contributed by atoms with E-state index in [4.69, 9.17) is 4.74 Å². The molecule has 3 fully saturated rings. The average molecular weight is 495 g/mol. The van der Waals surface area contributed by atoms with Crippen molar-refractivity contribution in [3.63, 3.8) is 0 Å². The van der Waals surface area contributed by atoms with Crippen molar-refractivity contribution in [3.8, 4) is 5.75 Å². The van der Waals surface area contributed by atoms with Crippen LogP contribution in [-0.4, -0.2) is 60.3 Å². The van der Waals surface area contributed by atoms with E-state index in [9.17, 15) is 9.59 Å². The van der Waals surface area contributed by atoms with Crippen molar-refractivity contribution < 1.29 is 14.3 Å². The zero-order chi connectivity index (χ0) is 25.4. The van der Waals surface area contributed by atoms with Crippen molar-refractivity contribution in [2.24, 2.45) is 23.2 Å². The molecular formula is C31H46N2O3. The molecule has 4 aliphatic rings. The number of hydrogen-bond acceptors (Lipinski definition) is 4. The normalized spacial score (nSPS) is 33.7. The molecule has 6 atom stereocenters. The third kappa shape index (κ3) is 4.50. The van der Waals surface area contributed by atoms with E-state index < -0.39 is 0 Å². The molecule has 0 N–H and O–H groups in total. The fourth-order valence-electron chi connectivity index (χ4n) is 8.32. The van der Waals surface area contributed by atoms with Gasteiger partial charge in [0, 0.05) is 43.4 Å². The van der Waals surface area contributed by atoms with E-state index in [1.54, 1.807) is 0 Å². The molecule has 0 radical (unpaired) electrons. The summed E-state index contributed by atoms with van der Waals surface area (Å²) in [5.74, 6) is 2.44. The smallest absolute Gasteiger partial charge is 0.226 e. The molecule has 1 heterocycles. The van der Waals surface area contributed by atoms with Crippen LogP contribution in [0.1, 0.15) is 89.7 Å². The van der Waals surface area contributed by atoms with Gasteiger partial charge in [-0.15, -0.1) is 0 Å². The Balaban J connectivity index is 1.28. The van der Waals surface area contributed by atoms with E-state index in [0.717, 1.165) is 70.1 Å². The van der Waals surface area contributed by atoms with Gasteiger partial charge in [0.1, 0.15) is 11.5 Å². The first-order valence-corrected chi connectivity index (χ1v) is 14.7. The van der Waals surface area contributed by atoms with Gasteiger partial charge in [-0.2, -0.15) is 0 Å². The summed E-state index contributed by atoms with van der Waals surface area (Å²) in [5, 5.41) is 0. The molecule has 3 aliphatic carbocycles. The zero-order valence-electron chi connectivity index (χ0n) is 22.9. The molecule has 5 rings (SSSR count). The van der Waals surface area contributed by atoms with Crippen molar-refractivity contribution in [1.82, 2.24) is 9.80 Å². The highest BCUT2D eigenvalue weighted by Gasteiger charge is 2.60. The predicted octanol–water partition coefficient (Wildman–Crippen LogP) is 5.46. The molecule has 1 amide bonds. The van der Waals surface area contributed by atoms with Crippen LogP contribution in [0.2, 0.25) is 0 Å². The minimum atomic E-state index is -0.331. The summed E-state index contributed by atoms with van der Waals surface area (Å²) in [6.45, 7) is 13.2. The number of carbonyl (C=O) groups excluding carboxylic acids is 2. The van der Waals surface area contributed by atoms with Crippen LogP contribution in [0.3, 0.4) is 0 Å². The van der Waals surface area contributed by atoms with Crippen LogP contribution >= 0.6 is 0 Å². The summed E-state index contributed by atoms with van der Waals surface area (Å²) in [4.78, 5) is 31.3. The molecule has 2 saturated carbocycles. The Morgan fingerprint density at radius 2 is 2.00 bits per heavy atom. The van der Waals surface area contributed by atoms with Gasteiger partial charge in [-0.3, -0.25) is 9.59 Å². The summed E-state index contributed by atoms with van der Waals surface area (Å²) in [6, 6.07) is 7.45. The molecule has 1 aromatic rings. The van der Waals surface area contributed by atoms with Crippen LogP contribution in [-0.2, 0) is 16.0 Å². The molecule has 198 valence electrons. The topological polar surface area (TPSA) is 49.9 Å². The second-order valence-corrected chi connectivity index (χ2v) is 12.1. The minimum absolute atomic E-state index is 0.141. The van der Waals surface area contributed by atoms with Gasteiger partial charge in [-0.25, -0.2) is 0 Å². The zero-order valence-corrected chi connectivity index (χ0v) is 22.9. The average Bonchev–Trinajstić information content (AvgIpc) is 3.41. The maximum absolute atomic E-state index is 13.5. The summed E-state index contributed by atoms with van der Waals surface area (Å²) in [6.07, 6.45) is 8.22. The second-order valence-electron chi connectivity index (χ2n) is 12.1. The Kier molecular flexibility index (Phi) is 7.49. The fourth-order valence-corrected chi connectivity index (χ4v) is 8.32. The molecule has 0 aromatic heterocycles. The standard InChI is InChI=1S/C31H46N2O3/c1-5-32(6-2)30(35)27-20-28(34)31(4)15-14-25-24-13-11-23(19-22(24)10-12-26(25)29(27)31)36-18-8-17-33-16-7-9-21(33)3/h11,13,19,21,25-27,29H,5-10,12,14-18,20H2,1-4H3. The molecule has 36 heavy (non-hydrogen) atoms. The molecule has 1 saturated heterocycles. The van der Waals surface area contributed by atoms with E-state index in [0.29, 0.717) is 24.0 Å². The lowest BCUT2D eigenvalue weighted by molar-refractivity contribution is -0.139. The fraction of sp³-hybridized carbons (Fsp3) is 0.742. The van der Waals surface area contributed by atoms with Crippen molar-refractivity contribution in [2.45, 2.75) is 91.0 Å². The number of carbonyl (C=O) groups is 2. The molecule has 5 nitrogen and oxygen atoms in total. The van der Waals surface area contributed by atoms with Crippen LogP contribution in [0, 0.1) is 23.2 Å². The molecule has 0 spiro atoms. The van der Waals surface area contributed by atoms with Crippen molar-refractivity contribution in [1.29, 1.82) is 0 Å². The maximum atomic E-state index is 13.5. The van der Waals surface area contributed by atoms with Crippen LogP contribution in [0.5, 0.6) is 5.75 Å². The Hall–Kier alpha value is -1.88. The second kappa shape index (κ2) is 10.5. The van der Waals surface area contributed by atoms with Gasteiger partial charge in [0.2, 0.25) is 5.91 Å². The quantitative estimate of drug-likeness (QED) is 0.450. The summed E-state index contributed by atoms with van der Waals surface area (Å²) in [5.41, 5.74) is 2.53. The number of amides is 1. The summed E-state index contributed by atoms with van der Waals surface area (Å²) in [7, 11) is 0. The number of likely N-dealkylation sites (tertiary alicyclic amines) is 1. The van der Waals surface area contributed by atoms with Gasteiger partial charge < -0.3 is 14.5 Å². The van der Waals surface area contributed by atoms with Crippen LogP contribution in [0.4, 0.5) is 0 Å². The summed E-state index contributed by atoms with van der Waals surface area (Å²) >= 11 is 0.